The average Bonchev–Trinajstić information content (AvgIpc) is 2.67. The van der Waals surface area contributed by atoms with Gasteiger partial charge in [0.25, 0.3) is 5.91 Å². The normalized spacial score (nSPS) is 14.2. The molecule has 2 aromatic rings. The molecule has 1 aliphatic rings. The predicted molar refractivity (Wildman–Crippen MR) is 94.4 cm³/mol. The Morgan fingerprint density at radius 2 is 1.35 bits per heavy atom. The van der Waals surface area contributed by atoms with Crippen LogP contribution in [0, 0.1) is 5.82 Å². The minimum Gasteiger partial charge on any atom is -0.339 e. The highest BCUT2D eigenvalue weighted by Gasteiger charge is 2.26. The summed E-state index contributed by atoms with van der Waals surface area (Å²) in [6.45, 7) is 3.33. The van der Waals surface area contributed by atoms with Gasteiger partial charge in [0.1, 0.15) is 5.82 Å². The van der Waals surface area contributed by atoms with E-state index in [-0.39, 0.29) is 23.2 Å². The van der Waals surface area contributed by atoms with Crippen molar-refractivity contribution in [2.75, 3.05) is 26.2 Å². The summed E-state index contributed by atoms with van der Waals surface area (Å²) in [4.78, 5) is 40.4. The summed E-state index contributed by atoms with van der Waals surface area (Å²) in [7, 11) is 0. The molecule has 1 aliphatic heterocycles. The second kappa shape index (κ2) is 7.47. The van der Waals surface area contributed by atoms with Crippen LogP contribution in [0.15, 0.2) is 48.5 Å². The first-order chi connectivity index (χ1) is 12.5. The average molecular weight is 354 g/mol. The summed E-state index contributed by atoms with van der Waals surface area (Å²) < 4.78 is 13.1. The van der Waals surface area contributed by atoms with Gasteiger partial charge in [0, 0.05) is 44.2 Å². The first kappa shape index (κ1) is 17.8. The van der Waals surface area contributed by atoms with E-state index in [1.807, 2.05) is 0 Å². The summed E-state index contributed by atoms with van der Waals surface area (Å²) >= 11 is 0. The Bertz CT molecular complexity index is 840. The Morgan fingerprint density at radius 1 is 0.808 bits per heavy atom. The zero-order valence-electron chi connectivity index (χ0n) is 14.4. The molecule has 0 atom stereocenters. The molecule has 0 aliphatic carbocycles. The van der Waals surface area contributed by atoms with Crippen LogP contribution in [0.1, 0.15) is 33.2 Å². The van der Waals surface area contributed by atoms with Crippen molar-refractivity contribution in [1.82, 2.24) is 9.80 Å². The fourth-order valence-electron chi connectivity index (χ4n) is 3.02. The molecule has 0 N–H and O–H groups in total. The van der Waals surface area contributed by atoms with Crippen molar-refractivity contribution in [1.29, 1.82) is 0 Å². The lowest BCUT2D eigenvalue weighted by molar-refractivity contribution is -0.130. The monoisotopic (exact) mass is 354 g/mol. The number of ketones is 1. The van der Waals surface area contributed by atoms with Gasteiger partial charge in [-0.3, -0.25) is 14.4 Å². The molecule has 134 valence electrons. The molecule has 26 heavy (non-hydrogen) atoms. The van der Waals surface area contributed by atoms with Crippen LogP contribution in [-0.2, 0) is 4.79 Å². The second-order valence-electron chi connectivity index (χ2n) is 6.18. The van der Waals surface area contributed by atoms with Crippen LogP contribution in [0.2, 0.25) is 0 Å². The minimum atomic E-state index is -0.422. The zero-order valence-corrected chi connectivity index (χ0v) is 14.4. The molecular formula is C20H19FN2O3. The van der Waals surface area contributed by atoms with E-state index >= 15 is 0 Å². The summed E-state index contributed by atoms with van der Waals surface area (Å²) in [6.07, 6.45) is 0. The third-order valence-electron chi connectivity index (χ3n) is 4.52. The lowest BCUT2D eigenvalue weighted by atomic mass is 9.97. The maximum Gasteiger partial charge on any atom is 0.254 e. The number of amides is 2. The summed E-state index contributed by atoms with van der Waals surface area (Å²) in [5.41, 5.74) is 0.934. The highest BCUT2D eigenvalue weighted by molar-refractivity contribution is 6.15. The van der Waals surface area contributed by atoms with Crippen molar-refractivity contribution < 1.29 is 18.8 Å². The first-order valence-electron chi connectivity index (χ1n) is 8.41. The van der Waals surface area contributed by atoms with Crippen LogP contribution >= 0.6 is 0 Å². The molecule has 5 nitrogen and oxygen atoms in total. The van der Waals surface area contributed by atoms with Crippen LogP contribution in [0.5, 0.6) is 0 Å². The Morgan fingerprint density at radius 3 is 1.92 bits per heavy atom. The van der Waals surface area contributed by atoms with Gasteiger partial charge in [-0.15, -0.1) is 0 Å². The molecule has 1 heterocycles. The topological polar surface area (TPSA) is 57.7 Å². The summed E-state index contributed by atoms with van der Waals surface area (Å²) in [6, 6.07) is 11.9. The number of halogens is 1. The van der Waals surface area contributed by atoms with Gasteiger partial charge >= 0.3 is 0 Å². The fraction of sp³-hybridized carbons (Fsp3) is 0.250. The molecule has 3 rings (SSSR count). The van der Waals surface area contributed by atoms with E-state index in [1.165, 1.54) is 31.2 Å². The third-order valence-corrected chi connectivity index (χ3v) is 4.52. The van der Waals surface area contributed by atoms with E-state index in [2.05, 4.69) is 0 Å². The van der Waals surface area contributed by atoms with Gasteiger partial charge in [-0.25, -0.2) is 4.39 Å². The maximum absolute atomic E-state index is 13.1. The van der Waals surface area contributed by atoms with Gasteiger partial charge in [-0.05, 0) is 30.3 Å². The minimum absolute atomic E-state index is 0.0102. The van der Waals surface area contributed by atoms with E-state index in [4.69, 9.17) is 0 Å². The first-order valence-corrected chi connectivity index (χ1v) is 8.41. The van der Waals surface area contributed by atoms with E-state index in [0.29, 0.717) is 37.3 Å². The largest absolute Gasteiger partial charge is 0.339 e. The Labute approximate surface area is 151 Å². The predicted octanol–water partition coefficient (Wildman–Crippen LogP) is 2.36. The van der Waals surface area contributed by atoms with Crippen LogP contribution in [0.3, 0.4) is 0 Å². The second-order valence-corrected chi connectivity index (χ2v) is 6.18. The number of hydrogen-bond acceptors (Lipinski definition) is 3. The zero-order chi connectivity index (χ0) is 18.7. The summed E-state index contributed by atoms with van der Waals surface area (Å²) in [5.74, 6) is -0.992. The summed E-state index contributed by atoms with van der Waals surface area (Å²) in [5, 5.41) is 0. The van der Waals surface area contributed by atoms with Gasteiger partial charge in [-0.1, -0.05) is 18.2 Å². The molecule has 2 amide bonds. The fourth-order valence-corrected chi connectivity index (χ4v) is 3.02. The lowest BCUT2D eigenvalue weighted by Gasteiger charge is -2.34. The van der Waals surface area contributed by atoms with E-state index in [9.17, 15) is 18.8 Å². The molecule has 2 aromatic carbocycles. The van der Waals surface area contributed by atoms with Crippen molar-refractivity contribution in [3.05, 3.63) is 71.0 Å². The molecule has 0 unspecified atom stereocenters. The molecular weight excluding hydrogens is 335 g/mol. The number of benzene rings is 2. The van der Waals surface area contributed by atoms with Gasteiger partial charge < -0.3 is 9.80 Å². The highest BCUT2D eigenvalue weighted by atomic mass is 19.1. The van der Waals surface area contributed by atoms with Crippen molar-refractivity contribution in [2.45, 2.75) is 6.92 Å². The molecule has 0 spiro atoms. The van der Waals surface area contributed by atoms with Crippen molar-refractivity contribution in [3.63, 3.8) is 0 Å². The quantitative estimate of drug-likeness (QED) is 0.795. The van der Waals surface area contributed by atoms with Crippen molar-refractivity contribution >= 4 is 17.6 Å². The maximum atomic E-state index is 13.1. The Hall–Kier alpha value is -3.02. The highest BCUT2D eigenvalue weighted by Crippen LogP contribution is 2.18. The Balaban J connectivity index is 1.83. The van der Waals surface area contributed by atoms with Gasteiger partial charge in [0.15, 0.2) is 5.78 Å². The number of rotatable bonds is 3. The molecule has 6 heteroatoms. The smallest absolute Gasteiger partial charge is 0.254 e. The Kier molecular flexibility index (Phi) is 5.11. The van der Waals surface area contributed by atoms with Crippen LogP contribution in [-0.4, -0.2) is 53.6 Å². The van der Waals surface area contributed by atoms with Crippen LogP contribution < -0.4 is 0 Å². The van der Waals surface area contributed by atoms with E-state index in [1.54, 1.807) is 34.1 Å². The molecule has 1 saturated heterocycles. The molecule has 1 fully saturated rings. The van der Waals surface area contributed by atoms with Crippen molar-refractivity contribution in [2.24, 2.45) is 0 Å². The molecule has 0 aromatic heterocycles. The lowest BCUT2D eigenvalue weighted by Crippen LogP contribution is -2.50. The number of carbonyl (C=O) groups excluding carboxylic acids is 3. The van der Waals surface area contributed by atoms with Crippen LogP contribution in [0.25, 0.3) is 0 Å². The molecule has 0 saturated carbocycles. The number of hydrogen-bond donors (Lipinski definition) is 0. The van der Waals surface area contributed by atoms with E-state index in [0.717, 1.165) is 0 Å². The van der Waals surface area contributed by atoms with E-state index < -0.39 is 5.82 Å². The number of piperazine rings is 1. The van der Waals surface area contributed by atoms with Crippen molar-refractivity contribution in [3.8, 4) is 0 Å². The number of nitrogens with zero attached hydrogens (tertiary/aromatic N) is 2. The van der Waals surface area contributed by atoms with Gasteiger partial charge in [0.2, 0.25) is 5.91 Å². The molecule has 0 bridgehead atoms. The van der Waals surface area contributed by atoms with Gasteiger partial charge in [-0.2, -0.15) is 0 Å². The van der Waals surface area contributed by atoms with Gasteiger partial charge in [0.05, 0.1) is 5.56 Å². The third kappa shape index (κ3) is 3.64. The number of carbonyl (C=O) groups is 3. The van der Waals surface area contributed by atoms with Crippen LogP contribution in [0.4, 0.5) is 4.39 Å². The molecule has 0 radical (unpaired) electrons. The standard InChI is InChI=1S/C20H19FN2O3/c1-14(24)22-10-12-23(13-11-22)20(26)18-5-3-2-4-17(18)19(25)15-6-8-16(21)9-7-15/h2-9H,10-13H2,1H3. The SMILES string of the molecule is CC(=O)N1CCN(C(=O)c2ccccc2C(=O)c2ccc(F)cc2)CC1.